The third-order valence-electron chi connectivity index (χ3n) is 4.95. The van der Waals surface area contributed by atoms with Gasteiger partial charge < -0.3 is 9.47 Å². The number of nitrogens with zero attached hydrogens (tertiary/aromatic N) is 2. The summed E-state index contributed by atoms with van der Waals surface area (Å²) in [5.41, 5.74) is 3.52. The third-order valence-corrected chi connectivity index (χ3v) is 5.92. The van der Waals surface area contributed by atoms with E-state index >= 15 is 0 Å². The molecule has 0 atom stereocenters. The highest BCUT2D eigenvalue weighted by Crippen LogP contribution is 2.30. The number of morpholine rings is 1. The van der Waals surface area contributed by atoms with E-state index in [1.807, 2.05) is 18.2 Å². The van der Waals surface area contributed by atoms with E-state index in [0.717, 1.165) is 61.3 Å². The van der Waals surface area contributed by atoms with Crippen LogP contribution in [0.3, 0.4) is 0 Å². The van der Waals surface area contributed by atoms with Gasteiger partial charge in [0, 0.05) is 36.5 Å². The largest absolute Gasteiger partial charge is 0.492 e. The van der Waals surface area contributed by atoms with Crippen LogP contribution in [0.15, 0.2) is 54.6 Å². The van der Waals surface area contributed by atoms with E-state index < -0.39 is 0 Å². The molecule has 0 bridgehead atoms. The van der Waals surface area contributed by atoms with Gasteiger partial charge in [0.05, 0.1) is 23.9 Å². The Morgan fingerprint density at radius 3 is 2.54 bits per heavy atom. The van der Waals surface area contributed by atoms with Crippen molar-refractivity contribution in [2.45, 2.75) is 13.3 Å². The molecule has 0 spiro atoms. The molecule has 1 aromatic heterocycles. The van der Waals surface area contributed by atoms with Crippen LogP contribution in [0.5, 0.6) is 5.75 Å². The molecule has 0 radical (unpaired) electrons. The highest BCUT2D eigenvalue weighted by molar-refractivity contribution is 7.12. The molecule has 0 unspecified atom stereocenters. The number of ether oxygens (including phenoxy) is 2. The summed E-state index contributed by atoms with van der Waals surface area (Å²) in [4.78, 5) is 8.52. The molecule has 0 N–H and O–H groups in total. The minimum atomic E-state index is 0.705. The number of rotatable bonds is 7. The predicted octanol–water partition coefficient (Wildman–Crippen LogP) is 4.42. The van der Waals surface area contributed by atoms with Crippen LogP contribution >= 0.6 is 11.3 Å². The Labute approximate surface area is 170 Å². The van der Waals surface area contributed by atoms with Crippen LogP contribution in [-0.4, -0.2) is 49.3 Å². The van der Waals surface area contributed by atoms with Crippen molar-refractivity contribution >= 4 is 11.3 Å². The lowest BCUT2D eigenvalue weighted by molar-refractivity contribution is 0.0322. The lowest BCUT2D eigenvalue weighted by Gasteiger charge is -2.26. The Hall–Kier alpha value is -2.21. The summed E-state index contributed by atoms with van der Waals surface area (Å²) < 4.78 is 11.3. The molecule has 2 heterocycles. The number of hydrogen-bond donors (Lipinski definition) is 0. The van der Waals surface area contributed by atoms with Gasteiger partial charge in [-0.25, -0.2) is 4.98 Å². The molecule has 0 amide bonds. The van der Waals surface area contributed by atoms with Gasteiger partial charge in [0.1, 0.15) is 12.4 Å². The maximum absolute atomic E-state index is 5.91. The van der Waals surface area contributed by atoms with Crippen LogP contribution in [0.25, 0.3) is 11.3 Å². The molecule has 1 aliphatic heterocycles. The van der Waals surface area contributed by atoms with Crippen LogP contribution in [0, 0.1) is 6.92 Å². The van der Waals surface area contributed by atoms with E-state index in [1.165, 1.54) is 10.4 Å². The Morgan fingerprint density at radius 1 is 1.04 bits per heavy atom. The SMILES string of the molecule is Cc1sc(Cc2ccccc2)nc1-c1ccc(OCCN2CCOCC2)cc1. The molecule has 3 aromatic rings. The fourth-order valence-electron chi connectivity index (χ4n) is 3.39. The second-order valence-electron chi connectivity index (χ2n) is 7.00. The fourth-order valence-corrected chi connectivity index (χ4v) is 4.38. The Balaban J connectivity index is 1.35. The van der Waals surface area contributed by atoms with Crippen molar-refractivity contribution in [3.63, 3.8) is 0 Å². The van der Waals surface area contributed by atoms with E-state index in [-0.39, 0.29) is 0 Å². The predicted molar refractivity (Wildman–Crippen MR) is 114 cm³/mol. The van der Waals surface area contributed by atoms with Crippen molar-refractivity contribution in [3.8, 4) is 17.0 Å². The molecular formula is C23H26N2O2S. The van der Waals surface area contributed by atoms with E-state index in [4.69, 9.17) is 14.5 Å². The lowest BCUT2D eigenvalue weighted by atomic mass is 10.1. The minimum Gasteiger partial charge on any atom is -0.492 e. The molecule has 0 aliphatic carbocycles. The summed E-state index contributed by atoms with van der Waals surface area (Å²) in [6.45, 7) is 7.44. The van der Waals surface area contributed by atoms with Crippen LogP contribution in [0.2, 0.25) is 0 Å². The number of hydrogen-bond acceptors (Lipinski definition) is 5. The number of benzene rings is 2. The second kappa shape index (κ2) is 9.32. The molecule has 1 fully saturated rings. The zero-order chi connectivity index (χ0) is 19.2. The van der Waals surface area contributed by atoms with Gasteiger partial charge in [0.25, 0.3) is 0 Å². The Bertz CT molecular complexity index is 871. The van der Waals surface area contributed by atoms with Crippen molar-refractivity contribution in [2.24, 2.45) is 0 Å². The number of thiazole rings is 1. The Kier molecular flexibility index (Phi) is 6.37. The summed E-state index contributed by atoms with van der Waals surface area (Å²) in [6.07, 6.45) is 0.884. The van der Waals surface area contributed by atoms with Crippen molar-refractivity contribution in [2.75, 3.05) is 39.5 Å². The van der Waals surface area contributed by atoms with Gasteiger partial charge in [-0.15, -0.1) is 11.3 Å². The van der Waals surface area contributed by atoms with Gasteiger partial charge in [0.15, 0.2) is 0 Å². The van der Waals surface area contributed by atoms with E-state index in [2.05, 4.69) is 48.2 Å². The van der Waals surface area contributed by atoms with Gasteiger partial charge in [-0.2, -0.15) is 0 Å². The summed E-state index contributed by atoms with van der Waals surface area (Å²) in [6, 6.07) is 18.8. The standard InChI is InChI=1S/C23H26N2O2S/c1-18-23(24-22(28-18)17-19-5-3-2-4-6-19)20-7-9-21(10-8-20)27-16-13-25-11-14-26-15-12-25/h2-10H,11-17H2,1H3. The first-order valence-corrected chi connectivity index (χ1v) is 10.6. The first-order chi connectivity index (χ1) is 13.8. The molecular weight excluding hydrogens is 368 g/mol. The molecule has 4 nitrogen and oxygen atoms in total. The summed E-state index contributed by atoms with van der Waals surface area (Å²) >= 11 is 1.78. The average molecular weight is 395 g/mol. The fraction of sp³-hybridized carbons (Fsp3) is 0.348. The quantitative estimate of drug-likeness (QED) is 0.594. The zero-order valence-corrected chi connectivity index (χ0v) is 17.1. The highest BCUT2D eigenvalue weighted by atomic mass is 32.1. The van der Waals surface area contributed by atoms with E-state index in [9.17, 15) is 0 Å². The van der Waals surface area contributed by atoms with Crippen molar-refractivity contribution in [3.05, 3.63) is 70.0 Å². The molecule has 5 heteroatoms. The van der Waals surface area contributed by atoms with Gasteiger partial charge in [-0.3, -0.25) is 4.90 Å². The number of aryl methyl sites for hydroxylation is 1. The lowest BCUT2D eigenvalue weighted by Crippen LogP contribution is -2.38. The van der Waals surface area contributed by atoms with Gasteiger partial charge in [-0.1, -0.05) is 30.3 Å². The topological polar surface area (TPSA) is 34.6 Å². The first kappa shape index (κ1) is 19.1. The number of aromatic nitrogens is 1. The highest BCUT2D eigenvalue weighted by Gasteiger charge is 2.12. The second-order valence-corrected chi connectivity index (χ2v) is 8.29. The van der Waals surface area contributed by atoms with Gasteiger partial charge in [0.2, 0.25) is 0 Å². The van der Waals surface area contributed by atoms with Gasteiger partial charge in [-0.05, 0) is 36.8 Å². The molecule has 4 rings (SSSR count). The van der Waals surface area contributed by atoms with Crippen molar-refractivity contribution in [1.82, 2.24) is 9.88 Å². The van der Waals surface area contributed by atoms with Crippen molar-refractivity contribution < 1.29 is 9.47 Å². The summed E-state index contributed by atoms with van der Waals surface area (Å²) in [5, 5.41) is 1.16. The van der Waals surface area contributed by atoms with Crippen LogP contribution in [0.4, 0.5) is 0 Å². The zero-order valence-electron chi connectivity index (χ0n) is 16.3. The van der Waals surface area contributed by atoms with E-state index in [1.54, 1.807) is 11.3 Å². The minimum absolute atomic E-state index is 0.705. The normalized spacial score (nSPS) is 14.9. The monoisotopic (exact) mass is 394 g/mol. The van der Waals surface area contributed by atoms with Crippen molar-refractivity contribution in [1.29, 1.82) is 0 Å². The molecule has 0 saturated carbocycles. The molecule has 1 saturated heterocycles. The molecule has 2 aromatic carbocycles. The first-order valence-electron chi connectivity index (χ1n) is 9.81. The average Bonchev–Trinajstić information content (AvgIpc) is 3.10. The Morgan fingerprint density at radius 2 is 1.79 bits per heavy atom. The van der Waals surface area contributed by atoms with E-state index in [0.29, 0.717) is 6.61 Å². The molecule has 1 aliphatic rings. The maximum atomic E-state index is 5.91. The third kappa shape index (κ3) is 4.98. The maximum Gasteiger partial charge on any atom is 0.119 e. The smallest absolute Gasteiger partial charge is 0.119 e. The summed E-state index contributed by atoms with van der Waals surface area (Å²) in [5.74, 6) is 0.911. The van der Waals surface area contributed by atoms with Crippen LogP contribution < -0.4 is 4.74 Å². The van der Waals surface area contributed by atoms with Crippen LogP contribution in [0.1, 0.15) is 15.4 Å². The van der Waals surface area contributed by atoms with Crippen LogP contribution in [-0.2, 0) is 11.2 Å². The molecule has 146 valence electrons. The van der Waals surface area contributed by atoms with Gasteiger partial charge >= 0.3 is 0 Å². The summed E-state index contributed by atoms with van der Waals surface area (Å²) in [7, 11) is 0. The molecule has 28 heavy (non-hydrogen) atoms.